The van der Waals surface area contributed by atoms with Gasteiger partial charge in [-0.05, 0) is 28.5 Å². The summed E-state index contributed by atoms with van der Waals surface area (Å²) in [5, 5.41) is 0. The number of ketones is 1. The molecule has 0 radical (unpaired) electrons. The maximum absolute atomic E-state index is 13.2. The molecule has 2 aromatic carbocycles. The molecule has 0 N–H and O–H groups in total. The summed E-state index contributed by atoms with van der Waals surface area (Å²) in [4.78, 5) is 30.4. The molecular weight excluding hydrogens is 362 g/mol. The number of rotatable bonds is 2. The quantitative estimate of drug-likeness (QED) is 0.704. The third-order valence-electron chi connectivity index (χ3n) is 6.19. The van der Waals surface area contributed by atoms with Gasteiger partial charge in [-0.25, -0.2) is 4.79 Å². The van der Waals surface area contributed by atoms with Gasteiger partial charge in [0.25, 0.3) is 0 Å². The zero-order valence-corrected chi connectivity index (χ0v) is 16.6. The first-order valence-corrected chi connectivity index (χ1v) is 10.1. The average Bonchev–Trinajstić information content (AvgIpc) is 3.07. The van der Waals surface area contributed by atoms with E-state index in [0.717, 1.165) is 28.8 Å². The second-order valence-electron chi connectivity index (χ2n) is 8.97. The molecule has 0 aromatic heterocycles. The number of hydrogen-bond acceptors (Lipinski definition) is 4. The average molecular weight is 385 g/mol. The lowest BCUT2D eigenvalue weighted by molar-refractivity contribution is -0.136. The lowest BCUT2D eigenvalue weighted by Crippen LogP contribution is -2.43. The van der Waals surface area contributed by atoms with Crippen molar-refractivity contribution in [3.05, 3.63) is 71.4 Å². The fourth-order valence-electron chi connectivity index (χ4n) is 4.94. The monoisotopic (exact) mass is 385 g/mol. The maximum Gasteiger partial charge on any atom is 0.337 e. The van der Waals surface area contributed by atoms with Crippen LogP contribution in [0.25, 0.3) is 11.1 Å². The standard InChI is InChI=1S/C25H23NO3/c1-25(2)12-18-22(20(27)13-25)21(23-19(26-18)14-29-24(23)28)17-10-8-16(9-11-17)15-6-4-3-5-7-15/h3-11,21-22H,12-14H2,1-2H3. The molecule has 2 unspecified atom stereocenters. The van der Waals surface area contributed by atoms with E-state index in [9.17, 15) is 9.59 Å². The van der Waals surface area contributed by atoms with Gasteiger partial charge in [0.05, 0.1) is 17.2 Å². The highest BCUT2D eigenvalue weighted by molar-refractivity contribution is 6.12. The summed E-state index contributed by atoms with van der Waals surface area (Å²) < 4.78 is 5.31. The van der Waals surface area contributed by atoms with Gasteiger partial charge in [0, 0.05) is 18.1 Å². The fraction of sp³-hybridized carbons (Fsp3) is 0.320. The molecule has 1 saturated carbocycles. The van der Waals surface area contributed by atoms with Gasteiger partial charge >= 0.3 is 5.97 Å². The normalized spacial score (nSPS) is 25.2. The summed E-state index contributed by atoms with van der Waals surface area (Å²) in [5.41, 5.74) is 5.29. The molecule has 2 heterocycles. The molecule has 0 amide bonds. The number of ether oxygens (including phenoxy) is 1. The molecular formula is C25H23NO3. The van der Waals surface area contributed by atoms with E-state index in [2.05, 4.69) is 38.1 Å². The first-order valence-electron chi connectivity index (χ1n) is 10.1. The van der Waals surface area contributed by atoms with Gasteiger partial charge in [0.2, 0.25) is 0 Å². The van der Waals surface area contributed by atoms with E-state index in [0.29, 0.717) is 17.7 Å². The summed E-state index contributed by atoms with van der Waals surface area (Å²) in [7, 11) is 0. The Kier molecular flexibility index (Phi) is 4.05. The highest BCUT2D eigenvalue weighted by atomic mass is 16.5. The third-order valence-corrected chi connectivity index (χ3v) is 6.19. The molecule has 2 aliphatic heterocycles. The summed E-state index contributed by atoms with van der Waals surface area (Å²) in [6.45, 7) is 4.42. The molecule has 3 aliphatic rings. The Hall–Kier alpha value is -3.01. The zero-order valence-electron chi connectivity index (χ0n) is 16.6. The SMILES string of the molecule is CC1(C)CC(=O)C2C(=NC3=C(C(=O)OC3)C2c2ccc(-c3ccccc3)cc2)C1. The Morgan fingerprint density at radius 1 is 0.897 bits per heavy atom. The molecule has 0 bridgehead atoms. The van der Waals surface area contributed by atoms with E-state index < -0.39 is 0 Å². The molecule has 4 nitrogen and oxygen atoms in total. The second-order valence-corrected chi connectivity index (χ2v) is 8.97. The Bertz CT molecular complexity index is 1060. The van der Waals surface area contributed by atoms with Crippen LogP contribution in [0, 0.1) is 11.3 Å². The van der Waals surface area contributed by atoms with E-state index in [1.807, 2.05) is 30.3 Å². The third kappa shape index (κ3) is 3.03. The number of fused-ring (bicyclic) bond motifs is 1. The number of cyclic esters (lactones) is 1. The van der Waals surface area contributed by atoms with Crippen molar-refractivity contribution in [3.63, 3.8) is 0 Å². The molecule has 1 fully saturated rings. The van der Waals surface area contributed by atoms with Crippen molar-refractivity contribution in [2.45, 2.75) is 32.6 Å². The Morgan fingerprint density at radius 2 is 1.59 bits per heavy atom. The van der Waals surface area contributed by atoms with E-state index in [1.54, 1.807) is 0 Å². The van der Waals surface area contributed by atoms with Crippen LogP contribution in [0.1, 0.15) is 38.2 Å². The van der Waals surface area contributed by atoms with Crippen LogP contribution in [0.5, 0.6) is 0 Å². The largest absolute Gasteiger partial charge is 0.456 e. The van der Waals surface area contributed by atoms with Crippen molar-refractivity contribution in [2.24, 2.45) is 16.3 Å². The van der Waals surface area contributed by atoms with Crippen molar-refractivity contribution in [1.29, 1.82) is 0 Å². The van der Waals surface area contributed by atoms with Crippen molar-refractivity contribution < 1.29 is 14.3 Å². The molecule has 5 rings (SSSR count). The molecule has 146 valence electrons. The minimum Gasteiger partial charge on any atom is -0.456 e. The van der Waals surface area contributed by atoms with E-state index in [-0.39, 0.29) is 35.6 Å². The molecule has 4 heteroatoms. The van der Waals surface area contributed by atoms with Crippen molar-refractivity contribution in [1.82, 2.24) is 0 Å². The van der Waals surface area contributed by atoms with Gasteiger partial charge in [-0.15, -0.1) is 0 Å². The van der Waals surface area contributed by atoms with E-state index >= 15 is 0 Å². The highest BCUT2D eigenvalue weighted by Crippen LogP contribution is 2.48. The van der Waals surface area contributed by atoms with Gasteiger partial charge in [-0.1, -0.05) is 68.4 Å². The van der Waals surface area contributed by atoms with Crippen molar-refractivity contribution >= 4 is 17.5 Å². The molecule has 0 saturated heterocycles. The van der Waals surface area contributed by atoms with E-state index in [4.69, 9.17) is 9.73 Å². The number of carbonyl (C=O) groups excluding carboxylic acids is 2. The number of carbonyl (C=O) groups is 2. The minimum absolute atomic E-state index is 0.102. The maximum atomic E-state index is 13.2. The van der Waals surface area contributed by atoms with E-state index in [1.165, 1.54) is 0 Å². The molecule has 2 atom stereocenters. The zero-order chi connectivity index (χ0) is 20.2. The van der Waals surface area contributed by atoms with Crippen LogP contribution in [-0.2, 0) is 14.3 Å². The number of nitrogens with zero attached hydrogens (tertiary/aromatic N) is 1. The number of Topliss-reactive ketones (excluding diaryl/α,β-unsaturated/α-hetero) is 1. The Labute approximate surface area is 170 Å². The van der Waals surface area contributed by atoms with Crippen LogP contribution in [0.3, 0.4) is 0 Å². The molecule has 29 heavy (non-hydrogen) atoms. The van der Waals surface area contributed by atoms with Crippen LogP contribution >= 0.6 is 0 Å². The smallest absolute Gasteiger partial charge is 0.337 e. The van der Waals surface area contributed by atoms with Crippen molar-refractivity contribution in [2.75, 3.05) is 6.61 Å². The second kappa shape index (κ2) is 6.51. The highest BCUT2D eigenvalue weighted by Gasteiger charge is 2.49. The lowest BCUT2D eigenvalue weighted by Gasteiger charge is -2.40. The Morgan fingerprint density at radius 3 is 2.31 bits per heavy atom. The van der Waals surface area contributed by atoms with Crippen LogP contribution in [0.4, 0.5) is 0 Å². The Balaban J connectivity index is 1.58. The van der Waals surface area contributed by atoms with Gasteiger partial charge in [-0.3, -0.25) is 9.79 Å². The fourth-order valence-corrected chi connectivity index (χ4v) is 4.94. The van der Waals surface area contributed by atoms with Crippen molar-refractivity contribution in [3.8, 4) is 11.1 Å². The molecule has 1 aliphatic carbocycles. The summed E-state index contributed by atoms with van der Waals surface area (Å²) in [5.74, 6) is -0.836. The topological polar surface area (TPSA) is 55.7 Å². The van der Waals surface area contributed by atoms with Crippen LogP contribution in [0.2, 0.25) is 0 Å². The summed E-state index contributed by atoms with van der Waals surface area (Å²) >= 11 is 0. The number of esters is 1. The number of aliphatic imine (C=N–C) groups is 1. The first-order chi connectivity index (χ1) is 13.9. The summed E-state index contributed by atoms with van der Waals surface area (Å²) in [6.07, 6.45) is 1.28. The molecule has 0 spiro atoms. The predicted octanol–water partition coefficient (Wildman–Crippen LogP) is 4.71. The first kappa shape index (κ1) is 18.0. The van der Waals surface area contributed by atoms with Crippen LogP contribution in [-0.4, -0.2) is 24.1 Å². The van der Waals surface area contributed by atoms with Crippen LogP contribution < -0.4 is 0 Å². The predicted molar refractivity (Wildman–Crippen MR) is 112 cm³/mol. The van der Waals surface area contributed by atoms with Gasteiger partial charge in [0.15, 0.2) is 0 Å². The molecule has 2 aromatic rings. The number of hydrogen-bond donors (Lipinski definition) is 0. The summed E-state index contributed by atoms with van der Waals surface area (Å²) in [6, 6.07) is 18.4. The van der Waals surface area contributed by atoms with Gasteiger partial charge in [-0.2, -0.15) is 0 Å². The van der Waals surface area contributed by atoms with Crippen LogP contribution in [0.15, 0.2) is 70.9 Å². The minimum atomic E-state index is -0.366. The van der Waals surface area contributed by atoms with Gasteiger partial charge < -0.3 is 4.74 Å². The van der Waals surface area contributed by atoms with Gasteiger partial charge in [0.1, 0.15) is 12.4 Å². The lowest BCUT2D eigenvalue weighted by atomic mass is 9.63. The number of benzene rings is 2.